The molecular weight excluding hydrogens is 174 g/mol. The SMILES string of the molecule is Cc1cc(C)c2c(c1)NCC(C)CO2. The minimum Gasteiger partial charge on any atom is -0.491 e. The molecule has 1 aromatic rings. The molecule has 2 rings (SSSR count). The Labute approximate surface area is 85.3 Å². The summed E-state index contributed by atoms with van der Waals surface area (Å²) in [5, 5.41) is 3.43. The summed E-state index contributed by atoms with van der Waals surface area (Å²) in [6.07, 6.45) is 0. The molecule has 0 radical (unpaired) electrons. The highest BCUT2D eigenvalue weighted by molar-refractivity contribution is 5.62. The van der Waals surface area contributed by atoms with E-state index in [1.807, 2.05) is 0 Å². The molecule has 0 saturated heterocycles. The summed E-state index contributed by atoms with van der Waals surface area (Å²) >= 11 is 0. The molecule has 14 heavy (non-hydrogen) atoms. The van der Waals surface area contributed by atoms with Crippen molar-refractivity contribution in [1.82, 2.24) is 0 Å². The molecule has 0 aromatic heterocycles. The topological polar surface area (TPSA) is 21.3 Å². The lowest BCUT2D eigenvalue weighted by Crippen LogP contribution is -2.13. The number of rotatable bonds is 0. The van der Waals surface area contributed by atoms with Crippen molar-refractivity contribution in [2.45, 2.75) is 20.8 Å². The highest BCUT2D eigenvalue weighted by Crippen LogP contribution is 2.32. The molecule has 1 N–H and O–H groups in total. The Morgan fingerprint density at radius 1 is 1.36 bits per heavy atom. The lowest BCUT2D eigenvalue weighted by atomic mass is 10.1. The van der Waals surface area contributed by atoms with Gasteiger partial charge >= 0.3 is 0 Å². The fraction of sp³-hybridized carbons (Fsp3) is 0.500. The fourth-order valence-corrected chi connectivity index (χ4v) is 1.85. The minimum atomic E-state index is 0.571. The monoisotopic (exact) mass is 191 g/mol. The van der Waals surface area contributed by atoms with Gasteiger partial charge < -0.3 is 10.1 Å². The fourth-order valence-electron chi connectivity index (χ4n) is 1.85. The Morgan fingerprint density at radius 3 is 2.93 bits per heavy atom. The Morgan fingerprint density at radius 2 is 2.14 bits per heavy atom. The molecule has 0 bridgehead atoms. The van der Waals surface area contributed by atoms with E-state index in [-0.39, 0.29) is 0 Å². The van der Waals surface area contributed by atoms with Crippen LogP contribution in [0.3, 0.4) is 0 Å². The summed E-state index contributed by atoms with van der Waals surface area (Å²) in [5.41, 5.74) is 3.65. The van der Waals surface area contributed by atoms with Gasteiger partial charge in [0.05, 0.1) is 12.3 Å². The van der Waals surface area contributed by atoms with Gasteiger partial charge in [-0.05, 0) is 31.0 Å². The zero-order chi connectivity index (χ0) is 10.1. The summed E-state index contributed by atoms with van der Waals surface area (Å²) in [6.45, 7) is 8.22. The number of fused-ring (bicyclic) bond motifs is 1. The average Bonchev–Trinajstić information content (AvgIpc) is 2.28. The van der Waals surface area contributed by atoms with Crippen LogP contribution in [0.5, 0.6) is 5.75 Å². The first-order chi connectivity index (χ1) is 6.66. The van der Waals surface area contributed by atoms with E-state index in [1.165, 1.54) is 11.1 Å². The smallest absolute Gasteiger partial charge is 0.145 e. The van der Waals surface area contributed by atoms with Crippen molar-refractivity contribution in [3.05, 3.63) is 23.3 Å². The molecule has 2 nitrogen and oxygen atoms in total. The van der Waals surface area contributed by atoms with Gasteiger partial charge in [-0.3, -0.25) is 0 Å². The zero-order valence-electron chi connectivity index (χ0n) is 9.05. The van der Waals surface area contributed by atoms with Crippen LogP contribution >= 0.6 is 0 Å². The van der Waals surface area contributed by atoms with Crippen molar-refractivity contribution < 1.29 is 4.74 Å². The van der Waals surface area contributed by atoms with Crippen molar-refractivity contribution in [3.63, 3.8) is 0 Å². The van der Waals surface area contributed by atoms with E-state index >= 15 is 0 Å². The van der Waals surface area contributed by atoms with Crippen molar-refractivity contribution in [1.29, 1.82) is 0 Å². The first-order valence-corrected chi connectivity index (χ1v) is 5.14. The van der Waals surface area contributed by atoms with Crippen molar-refractivity contribution in [2.24, 2.45) is 5.92 Å². The van der Waals surface area contributed by atoms with Crippen LogP contribution in [-0.4, -0.2) is 13.2 Å². The molecule has 0 aliphatic carbocycles. The van der Waals surface area contributed by atoms with Gasteiger partial charge in [0.25, 0.3) is 0 Å². The summed E-state index contributed by atoms with van der Waals surface area (Å²) in [5.74, 6) is 1.60. The van der Waals surface area contributed by atoms with Gasteiger partial charge in [0.15, 0.2) is 0 Å². The number of anilines is 1. The average molecular weight is 191 g/mol. The molecule has 1 aliphatic heterocycles. The lowest BCUT2D eigenvalue weighted by Gasteiger charge is -2.11. The number of ether oxygens (including phenoxy) is 1. The normalized spacial score (nSPS) is 20.4. The van der Waals surface area contributed by atoms with Crippen LogP contribution in [-0.2, 0) is 0 Å². The second kappa shape index (κ2) is 3.52. The molecular formula is C12H17NO. The first kappa shape index (κ1) is 9.38. The van der Waals surface area contributed by atoms with Crippen molar-refractivity contribution in [2.75, 3.05) is 18.5 Å². The van der Waals surface area contributed by atoms with E-state index in [4.69, 9.17) is 4.74 Å². The third kappa shape index (κ3) is 1.69. The maximum Gasteiger partial charge on any atom is 0.145 e. The van der Waals surface area contributed by atoms with Crippen molar-refractivity contribution >= 4 is 5.69 Å². The van der Waals surface area contributed by atoms with Gasteiger partial charge in [-0.15, -0.1) is 0 Å². The molecule has 0 saturated carbocycles. The van der Waals surface area contributed by atoms with Gasteiger partial charge in [0.1, 0.15) is 5.75 Å². The summed E-state index contributed by atoms with van der Waals surface area (Å²) in [4.78, 5) is 0. The first-order valence-electron chi connectivity index (χ1n) is 5.14. The quantitative estimate of drug-likeness (QED) is 0.680. The predicted octanol–water partition coefficient (Wildman–Crippen LogP) is 2.74. The number of hydrogen-bond acceptors (Lipinski definition) is 2. The van der Waals surface area contributed by atoms with E-state index in [1.54, 1.807) is 0 Å². The van der Waals surface area contributed by atoms with Crippen LogP contribution in [0.15, 0.2) is 12.1 Å². The van der Waals surface area contributed by atoms with Crippen LogP contribution in [0.1, 0.15) is 18.1 Å². The van der Waals surface area contributed by atoms with E-state index in [9.17, 15) is 0 Å². The third-order valence-electron chi connectivity index (χ3n) is 2.57. The molecule has 1 heterocycles. The molecule has 0 fully saturated rings. The Balaban J connectivity index is 2.40. The third-order valence-corrected chi connectivity index (χ3v) is 2.57. The van der Waals surface area contributed by atoms with Crippen LogP contribution in [0.25, 0.3) is 0 Å². The highest BCUT2D eigenvalue weighted by atomic mass is 16.5. The van der Waals surface area contributed by atoms with Crippen molar-refractivity contribution in [3.8, 4) is 5.75 Å². The van der Waals surface area contributed by atoms with Gasteiger partial charge in [-0.1, -0.05) is 13.0 Å². The maximum absolute atomic E-state index is 5.78. The van der Waals surface area contributed by atoms with Crippen LogP contribution in [0, 0.1) is 19.8 Å². The molecule has 0 amide bonds. The van der Waals surface area contributed by atoms with Gasteiger partial charge in [0, 0.05) is 12.5 Å². The Kier molecular flexibility index (Phi) is 2.36. The molecule has 1 unspecified atom stereocenters. The molecule has 0 spiro atoms. The van der Waals surface area contributed by atoms with Crippen LogP contribution in [0.4, 0.5) is 5.69 Å². The molecule has 76 valence electrons. The number of benzene rings is 1. The van der Waals surface area contributed by atoms with E-state index in [2.05, 4.69) is 38.2 Å². The number of aryl methyl sites for hydroxylation is 2. The summed E-state index contributed by atoms with van der Waals surface area (Å²) in [7, 11) is 0. The largest absolute Gasteiger partial charge is 0.491 e. The van der Waals surface area contributed by atoms with Crippen LogP contribution in [0.2, 0.25) is 0 Å². The predicted molar refractivity (Wildman–Crippen MR) is 59.1 cm³/mol. The van der Waals surface area contributed by atoms with E-state index in [0.717, 1.165) is 24.6 Å². The minimum absolute atomic E-state index is 0.571. The van der Waals surface area contributed by atoms with Gasteiger partial charge in [0.2, 0.25) is 0 Å². The van der Waals surface area contributed by atoms with E-state index < -0.39 is 0 Å². The number of hydrogen-bond donors (Lipinski definition) is 1. The molecule has 1 atom stereocenters. The maximum atomic E-state index is 5.78. The summed E-state index contributed by atoms with van der Waals surface area (Å²) < 4.78 is 5.78. The second-order valence-corrected chi connectivity index (χ2v) is 4.26. The van der Waals surface area contributed by atoms with Crippen LogP contribution < -0.4 is 10.1 Å². The summed E-state index contributed by atoms with van der Waals surface area (Å²) in [6, 6.07) is 4.32. The van der Waals surface area contributed by atoms with Gasteiger partial charge in [-0.25, -0.2) is 0 Å². The molecule has 1 aliphatic rings. The molecule has 1 aromatic carbocycles. The Hall–Kier alpha value is -1.18. The Bertz CT molecular complexity index is 346. The second-order valence-electron chi connectivity index (χ2n) is 4.26. The lowest BCUT2D eigenvalue weighted by molar-refractivity contribution is 0.274. The highest BCUT2D eigenvalue weighted by Gasteiger charge is 2.14. The molecule has 2 heteroatoms. The standard InChI is InChI=1S/C12H17NO/c1-8-4-10(3)12-11(5-8)13-6-9(2)7-14-12/h4-5,9,13H,6-7H2,1-3H3. The van der Waals surface area contributed by atoms with Gasteiger partial charge in [-0.2, -0.15) is 0 Å². The number of nitrogens with one attached hydrogen (secondary N) is 1. The zero-order valence-corrected chi connectivity index (χ0v) is 9.05. The van der Waals surface area contributed by atoms with E-state index in [0.29, 0.717) is 5.92 Å².